The van der Waals surface area contributed by atoms with E-state index in [0.29, 0.717) is 23.7 Å². The summed E-state index contributed by atoms with van der Waals surface area (Å²) in [5, 5.41) is 2.57. The Bertz CT molecular complexity index is 1110. The second kappa shape index (κ2) is 8.09. The number of benzene rings is 1. The molecular weight excluding hydrogens is 458 g/mol. The number of hydrogen-bond acceptors (Lipinski definition) is 8. The van der Waals surface area contributed by atoms with E-state index in [1.54, 1.807) is 11.8 Å². The number of aromatic nitrogens is 2. The number of nitrogens with zero attached hydrogens (tertiary/aromatic N) is 1. The Hall–Kier alpha value is -1.85. The smallest absolute Gasteiger partial charge is 0.413 e. The van der Waals surface area contributed by atoms with Gasteiger partial charge in [-0.25, -0.2) is 19.6 Å². The van der Waals surface area contributed by atoms with Crippen molar-refractivity contribution >= 4 is 34.8 Å². The standard InChI is InChI=1S/C24H31N3O6S/c1-12-5-7-16-13(2)19(30-20-24(16)15(12)9-10-23(3,31-20)32-33-24)34-14-6-8-17-18(11-14)26-21(25-17)27-22(28)29-4/h6,8,11-13,15-16,19-20H,5,7,9-10H2,1-4H3,(H2,25,26,27,28)/t12-,13-,15+,16?,19?,20-,23?,24-/m1/s1. The van der Waals surface area contributed by atoms with Crippen molar-refractivity contribution in [3.63, 3.8) is 0 Å². The maximum Gasteiger partial charge on any atom is 0.413 e. The summed E-state index contributed by atoms with van der Waals surface area (Å²) in [5.41, 5.74) is 0.955. The molecule has 5 aliphatic rings. The van der Waals surface area contributed by atoms with E-state index in [9.17, 15) is 4.79 Å². The van der Waals surface area contributed by atoms with Gasteiger partial charge in [-0.3, -0.25) is 5.32 Å². The van der Waals surface area contributed by atoms with E-state index >= 15 is 0 Å². The summed E-state index contributed by atoms with van der Waals surface area (Å²) >= 11 is 1.69. The average Bonchev–Trinajstić information content (AvgIpc) is 3.07. The average molecular weight is 490 g/mol. The van der Waals surface area contributed by atoms with Crippen molar-refractivity contribution in [2.24, 2.45) is 23.7 Å². The zero-order chi connectivity index (χ0) is 23.7. The molecule has 5 heterocycles. The fraction of sp³-hybridized carbons (Fsp3) is 0.667. The van der Waals surface area contributed by atoms with Gasteiger partial charge in [-0.2, -0.15) is 0 Å². The molecule has 3 unspecified atom stereocenters. The molecule has 2 aromatic rings. The molecule has 34 heavy (non-hydrogen) atoms. The highest BCUT2D eigenvalue weighted by Crippen LogP contribution is 2.61. The van der Waals surface area contributed by atoms with Crippen molar-refractivity contribution in [1.29, 1.82) is 0 Å². The molecule has 8 atom stereocenters. The lowest BCUT2D eigenvalue weighted by atomic mass is 9.58. The lowest BCUT2D eigenvalue weighted by Crippen LogP contribution is -2.70. The van der Waals surface area contributed by atoms with Crippen LogP contribution in [-0.4, -0.2) is 46.3 Å². The first-order valence-corrected chi connectivity index (χ1v) is 12.9. The second-order valence-corrected chi connectivity index (χ2v) is 11.4. The highest BCUT2D eigenvalue weighted by Gasteiger charge is 2.69. The number of H-pyrrole nitrogens is 1. The molecule has 1 aromatic heterocycles. The minimum absolute atomic E-state index is 0.0886. The molecule has 1 saturated carbocycles. The predicted molar refractivity (Wildman–Crippen MR) is 125 cm³/mol. The first kappa shape index (κ1) is 22.6. The second-order valence-electron chi connectivity index (χ2n) is 10.3. The molecule has 4 aliphatic heterocycles. The van der Waals surface area contributed by atoms with Crippen LogP contribution in [0.5, 0.6) is 0 Å². The number of amides is 1. The third-order valence-electron chi connectivity index (χ3n) is 8.21. The van der Waals surface area contributed by atoms with E-state index in [1.807, 2.05) is 25.1 Å². The van der Waals surface area contributed by atoms with Crippen molar-refractivity contribution in [2.45, 2.75) is 74.5 Å². The maximum atomic E-state index is 11.5. The first-order chi connectivity index (χ1) is 16.3. The van der Waals surface area contributed by atoms with Gasteiger partial charge in [-0.05, 0) is 62.1 Å². The fourth-order valence-electron chi connectivity index (χ4n) is 6.41. The van der Waals surface area contributed by atoms with Gasteiger partial charge in [0.1, 0.15) is 5.44 Å². The molecule has 10 heteroatoms. The van der Waals surface area contributed by atoms with Crippen LogP contribution < -0.4 is 5.32 Å². The van der Waals surface area contributed by atoms with Gasteiger partial charge in [0.2, 0.25) is 11.7 Å². The van der Waals surface area contributed by atoms with Crippen LogP contribution in [0.2, 0.25) is 0 Å². The Kier molecular flexibility index (Phi) is 5.38. The molecule has 2 N–H and O–H groups in total. The van der Waals surface area contributed by atoms with E-state index in [1.165, 1.54) is 13.5 Å². The third-order valence-corrected chi connectivity index (χ3v) is 9.51. The maximum absolute atomic E-state index is 11.5. The predicted octanol–water partition coefficient (Wildman–Crippen LogP) is 5.04. The number of ether oxygens (including phenoxy) is 3. The number of hydrogen-bond donors (Lipinski definition) is 2. The van der Waals surface area contributed by atoms with Crippen molar-refractivity contribution in [1.82, 2.24) is 9.97 Å². The van der Waals surface area contributed by atoms with Crippen LogP contribution in [0.3, 0.4) is 0 Å². The molecule has 9 nitrogen and oxygen atoms in total. The molecular formula is C24H31N3O6S. The van der Waals surface area contributed by atoms with Gasteiger partial charge >= 0.3 is 6.09 Å². The number of carbonyl (C=O) groups excluding carboxylic acids is 1. The van der Waals surface area contributed by atoms with E-state index in [4.69, 9.17) is 19.2 Å². The third kappa shape index (κ3) is 3.45. The van der Waals surface area contributed by atoms with Crippen LogP contribution in [0.25, 0.3) is 11.0 Å². The normalized spacial score (nSPS) is 41.1. The summed E-state index contributed by atoms with van der Waals surface area (Å²) in [7, 11) is 1.32. The highest BCUT2D eigenvalue weighted by atomic mass is 32.2. The lowest BCUT2D eigenvalue weighted by molar-refractivity contribution is -0.568. The monoisotopic (exact) mass is 489 g/mol. The molecule has 5 fully saturated rings. The fourth-order valence-corrected chi connectivity index (χ4v) is 7.57. The molecule has 1 spiro atoms. The van der Waals surface area contributed by atoms with Crippen LogP contribution in [0.15, 0.2) is 23.1 Å². The van der Waals surface area contributed by atoms with Crippen molar-refractivity contribution in [3.8, 4) is 0 Å². The molecule has 1 amide bonds. The van der Waals surface area contributed by atoms with Crippen molar-refractivity contribution < 1.29 is 28.8 Å². The summed E-state index contributed by atoms with van der Waals surface area (Å²) in [6, 6.07) is 6.00. The minimum atomic E-state index is -0.773. The molecule has 184 valence electrons. The van der Waals surface area contributed by atoms with Crippen LogP contribution in [-0.2, 0) is 24.0 Å². The summed E-state index contributed by atoms with van der Waals surface area (Å²) in [4.78, 5) is 32.2. The van der Waals surface area contributed by atoms with E-state index < -0.39 is 23.8 Å². The topological polar surface area (TPSA) is 104 Å². The number of anilines is 1. The summed E-state index contributed by atoms with van der Waals surface area (Å²) in [6.45, 7) is 6.54. The van der Waals surface area contributed by atoms with E-state index in [2.05, 4.69) is 33.9 Å². The van der Waals surface area contributed by atoms with Gasteiger partial charge in [0.05, 0.1) is 18.1 Å². The quantitative estimate of drug-likeness (QED) is 0.578. The zero-order valence-corrected chi connectivity index (χ0v) is 20.6. The van der Waals surface area contributed by atoms with E-state index in [0.717, 1.165) is 35.2 Å². The molecule has 1 aromatic carbocycles. The number of carbonyl (C=O) groups is 1. The molecule has 1 aliphatic carbocycles. The van der Waals surface area contributed by atoms with Gasteiger partial charge in [0.15, 0.2) is 11.9 Å². The summed E-state index contributed by atoms with van der Waals surface area (Å²) in [6.07, 6.45) is 3.07. The number of methoxy groups -OCH3 is 1. The Morgan fingerprint density at radius 3 is 2.91 bits per heavy atom. The van der Waals surface area contributed by atoms with E-state index in [-0.39, 0.29) is 11.4 Å². The van der Waals surface area contributed by atoms with Crippen LogP contribution in [0.4, 0.5) is 10.7 Å². The number of rotatable bonds is 3. The van der Waals surface area contributed by atoms with Crippen LogP contribution in [0, 0.1) is 23.7 Å². The van der Waals surface area contributed by atoms with Gasteiger partial charge < -0.3 is 19.2 Å². The minimum Gasteiger partial charge on any atom is -0.453 e. The van der Waals surface area contributed by atoms with Crippen LogP contribution in [0.1, 0.15) is 46.5 Å². The zero-order valence-electron chi connectivity index (χ0n) is 19.8. The van der Waals surface area contributed by atoms with Gasteiger partial charge in [-0.15, -0.1) is 0 Å². The Morgan fingerprint density at radius 2 is 2.09 bits per heavy atom. The molecule has 4 saturated heterocycles. The summed E-state index contributed by atoms with van der Waals surface area (Å²) in [5.74, 6) is 1.02. The Balaban J connectivity index is 1.27. The molecule has 7 rings (SSSR count). The number of thioether (sulfide) groups is 1. The molecule has 2 bridgehead atoms. The summed E-state index contributed by atoms with van der Waals surface area (Å²) < 4.78 is 17.8. The number of imidazole rings is 1. The highest BCUT2D eigenvalue weighted by molar-refractivity contribution is 7.99. The number of nitrogens with one attached hydrogen (secondary N) is 2. The number of aromatic amines is 1. The van der Waals surface area contributed by atoms with Gasteiger partial charge in [0.25, 0.3) is 0 Å². The van der Waals surface area contributed by atoms with Gasteiger partial charge in [0, 0.05) is 17.2 Å². The van der Waals surface area contributed by atoms with Crippen LogP contribution >= 0.6 is 11.8 Å². The Labute approximate surface area is 202 Å². The molecule has 0 radical (unpaired) electrons. The number of fused-ring (bicyclic) bond motifs is 3. The SMILES string of the molecule is COC(=O)Nc1nc2ccc(SC3O[C@@H]4OC5(C)CC[C@H]6[C@H](C)CCC([C@H]3C)[C@@]46OO5)cc2[nH]1. The Morgan fingerprint density at radius 1 is 1.24 bits per heavy atom. The van der Waals surface area contributed by atoms with Crippen molar-refractivity contribution in [2.75, 3.05) is 12.4 Å². The lowest BCUT2D eigenvalue weighted by Gasteiger charge is -2.60. The first-order valence-electron chi connectivity index (χ1n) is 12.0. The van der Waals surface area contributed by atoms with Crippen molar-refractivity contribution in [3.05, 3.63) is 18.2 Å². The van der Waals surface area contributed by atoms with Gasteiger partial charge in [-0.1, -0.05) is 25.6 Å². The largest absolute Gasteiger partial charge is 0.453 e.